The van der Waals surface area contributed by atoms with Crippen LogP contribution in [0.3, 0.4) is 0 Å². The Labute approximate surface area is 91.6 Å². The SMILES string of the molecule is O=C(CCn1cc([N+](=O)[O-])cn1)NC1CC1. The summed E-state index contributed by atoms with van der Waals surface area (Å²) in [6, 6.07) is 0.347. The molecule has 1 aliphatic rings. The summed E-state index contributed by atoms with van der Waals surface area (Å²) in [7, 11) is 0. The van der Waals surface area contributed by atoms with Crippen LogP contribution in [-0.4, -0.2) is 26.7 Å². The number of nitro groups is 1. The lowest BCUT2D eigenvalue weighted by Gasteiger charge is -2.02. The highest BCUT2D eigenvalue weighted by Gasteiger charge is 2.22. The maximum absolute atomic E-state index is 11.3. The van der Waals surface area contributed by atoms with E-state index in [1.807, 2.05) is 0 Å². The molecule has 0 saturated heterocycles. The Morgan fingerprint density at radius 2 is 2.44 bits per heavy atom. The fourth-order valence-corrected chi connectivity index (χ4v) is 1.31. The summed E-state index contributed by atoms with van der Waals surface area (Å²) in [6.45, 7) is 0.367. The van der Waals surface area contributed by atoms with Crippen LogP contribution in [0.1, 0.15) is 19.3 Å². The van der Waals surface area contributed by atoms with E-state index in [1.165, 1.54) is 17.1 Å². The zero-order valence-electron chi connectivity index (χ0n) is 8.63. The second-order valence-corrected chi connectivity index (χ2v) is 3.81. The van der Waals surface area contributed by atoms with Crippen LogP contribution >= 0.6 is 0 Å². The van der Waals surface area contributed by atoms with Gasteiger partial charge in [-0.1, -0.05) is 0 Å². The average Bonchev–Trinajstić information content (AvgIpc) is 2.91. The van der Waals surface area contributed by atoms with Crippen LogP contribution in [0.2, 0.25) is 0 Å². The van der Waals surface area contributed by atoms with Gasteiger partial charge in [-0.05, 0) is 12.8 Å². The highest BCUT2D eigenvalue weighted by Crippen LogP contribution is 2.18. The van der Waals surface area contributed by atoms with Crippen molar-refractivity contribution in [1.29, 1.82) is 0 Å². The second-order valence-electron chi connectivity index (χ2n) is 3.81. The molecule has 7 nitrogen and oxygen atoms in total. The van der Waals surface area contributed by atoms with Gasteiger partial charge < -0.3 is 5.32 Å². The van der Waals surface area contributed by atoms with Crippen molar-refractivity contribution >= 4 is 11.6 Å². The molecule has 1 aliphatic carbocycles. The first-order valence-electron chi connectivity index (χ1n) is 5.11. The molecule has 0 aliphatic heterocycles. The van der Waals surface area contributed by atoms with Crippen molar-refractivity contribution in [1.82, 2.24) is 15.1 Å². The fourth-order valence-electron chi connectivity index (χ4n) is 1.31. The first-order chi connectivity index (χ1) is 7.65. The Balaban J connectivity index is 1.79. The molecule has 1 fully saturated rings. The first-order valence-corrected chi connectivity index (χ1v) is 5.11. The molecule has 1 aromatic rings. The second kappa shape index (κ2) is 4.30. The van der Waals surface area contributed by atoms with Crippen LogP contribution in [0.15, 0.2) is 12.4 Å². The van der Waals surface area contributed by atoms with Crippen LogP contribution in [0, 0.1) is 10.1 Å². The highest BCUT2D eigenvalue weighted by molar-refractivity contribution is 5.76. The molecule has 0 spiro atoms. The van der Waals surface area contributed by atoms with Gasteiger partial charge in [-0.2, -0.15) is 5.10 Å². The number of hydrogen-bond donors (Lipinski definition) is 1. The minimum Gasteiger partial charge on any atom is -0.353 e. The normalized spacial score (nSPS) is 14.8. The van der Waals surface area contributed by atoms with Gasteiger partial charge in [-0.25, -0.2) is 0 Å². The zero-order valence-corrected chi connectivity index (χ0v) is 8.63. The van der Waals surface area contributed by atoms with Gasteiger partial charge in [-0.3, -0.25) is 19.6 Å². The Morgan fingerprint density at radius 3 is 3.00 bits per heavy atom. The summed E-state index contributed by atoms with van der Waals surface area (Å²) < 4.78 is 1.41. The molecule has 16 heavy (non-hydrogen) atoms. The van der Waals surface area contributed by atoms with Crippen molar-refractivity contribution in [3.8, 4) is 0 Å². The molecule has 86 valence electrons. The minimum atomic E-state index is -0.506. The number of carbonyl (C=O) groups excluding carboxylic acids is 1. The summed E-state index contributed by atoms with van der Waals surface area (Å²) in [5.74, 6) is -0.0272. The Hall–Kier alpha value is -1.92. The largest absolute Gasteiger partial charge is 0.353 e. The van der Waals surface area contributed by atoms with E-state index < -0.39 is 4.92 Å². The fraction of sp³-hybridized carbons (Fsp3) is 0.556. The summed E-state index contributed by atoms with van der Waals surface area (Å²) >= 11 is 0. The van der Waals surface area contributed by atoms with E-state index in [1.54, 1.807) is 0 Å². The average molecular weight is 224 g/mol. The predicted molar refractivity (Wildman–Crippen MR) is 54.7 cm³/mol. The third-order valence-corrected chi connectivity index (χ3v) is 2.34. The third kappa shape index (κ3) is 2.78. The minimum absolute atomic E-state index is 0.0272. The Kier molecular flexibility index (Phi) is 2.84. The molecule has 7 heteroatoms. The van der Waals surface area contributed by atoms with Crippen LogP contribution in [0.4, 0.5) is 5.69 Å². The van der Waals surface area contributed by atoms with Crippen LogP contribution in [-0.2, 0) is 11.3 Å². The van der Waals surface area contributed by atoms with Crippen molar-refractivity contribution in [2.45, 2.75) is 31.8 Å². The maximum Gasteiger partial charge on any atom is 0.306 e. The number of aryl methyl sites for hydroxylation is 1. The lowest BCUT2D eigenvalue weighted by molar-refractivity contribution is -0.385. The highest BCUT2D eigenvalue weighted by atomic mass is 16.6. The van der Waals surface area contributed by atoms with Crippen molar-refractivity contribution in [2.24, 2.45) is 0 Å². The predicted octanol–water partition coefficient (Wildman–Crippen LogP) is 0.460. The molecule has 1 aromatic heterocycles. The van der Waals surface area contributed by atoms with Gasteiger partial charge in [0.2, 0.25) is 5.91 Å². The first kappa shape index (κ1) is 10.6. The quantitative estimate of drug-likeness (QED) is 0.581. The van der Waals surface area contributed by atoms with Crippen molar-refractivity contribution < 1.29 is 9.72 Å². The summed E-state index contributed by atoms with van der Waals surface area (Å²) in [5, 5.41) is 17.0. The van der Waals surface area contributed by atoms with E-state index in [-0.39, 0.29) is 11.6 Å². The summed E-state index contributed by atoms with van der Waals surface area (Å²) in [5.41, 5.74) is -0.0531. The molecular weight excluding hydrogens is 212 g/mol. The lowest BCUT2D eigenvalue weighted by atomic mass is 10.4. The number of hydrogen-bond acceptors (Lipinski definition) is 4. The van der Waals surface area contributed by atoms with Crippen LogP contribution in [0.5, 0.6) is 0 Å². The molecule has 1 amide bonds. The smallest absolute Gasteiger partial charge is 0.306 e. The molecule has 2 rings (SSSR count). The summed E-state index contributed by atoms with van der Waals surface area (Å²) in [4.78, 5) is 21.2. The molecule has 1 saturated carbocycles. The Morgan fingerprint density at radius 1 is 1.69 bits per heavy atom. The summed E-state index contributed by atoms with van der Waals surface area (Å²) in [6.07, 6.45) is 4.91. The van der Waals surface area contributed by atoms with Gasteiger partial charge in [0.15, 0.2) is 0 Å². The molecule has 1 heterocycles. The molecule has 0 unspecified atom stereocenters. The van der Waals surface area contributed by atoms with Gasteiger partial charge >= 0.3 is 5.69 Å². The van der Waals surface area contributed by atoms with E-state index in [0.29, 0.717) is 19.0 Å². The van der Waals surface area contributed by atoms with E-state index in [0.717, 1.165) is 12.8 Å². The number of amides is 1. The van der Waals surface area contributed by atoms with Crippen molar-refractivity contribution in [3.05, 3.63) is 22.5 Å². The van der Waals surface area contributed by atoms with Gasteiger partial charge in [0, 0.05) is 19.0 Å². The molecule has 0 bridgehead atoms. The van der Waals surface area contributed by atoms with Gasteiger partial charge in [0.25, 0.3) is 0 Å². The van der Waals surface area contributed by atoms with Crippen molar-refractivity contribution in [3.63, 3.8) is 0 Å². The number of aromatic nitrogens is 2. The lowest BCUT2D eigenvalue weighted by Crippen LogP contribution is -2.26. The van der Waals surface area contributed by atoms with E-state index in [4.69, 9.17) is 0 Å². The number of carbonyl (C=O) groups is 1. The monoisotopic (exact) mass is 224 g/mol. The molecule has 0 radical (unpaired) electrons. The standard InChI is InChI=1S/C9H12N4O3/c14-9(11-7-1-2-7)3-4-12-6-8(5-10-12)13(15)16/h5-7H,1-4H2,(H,11,14). The van der Waals surface area contributed by atoms with Crippen LogP contribution < -0.4 is 5.32 Å². The number of nitrogens with one attached hydrogen (secondary N) is 1. The number of nitrogens with zero attached hydrogens (tertiary/aromatic N) is 3. The van der Waals surface area contributed by atoms with Gasteiger partial charge in [0.1, 0.15) is 12.4 Å². The number of rotatable bonds is 5. The van der Waals surface area contributed by atoms with Crippen LogP contribution in [0.25, 0.3) is 0 Å². The molecule has 0 aromatic carbocycles. The van der Waals surface area contributed by atoms with Gasteiger partial charge in [0.05, 0.1) is 4.92 Å². The van der Waals surface area contributed by atoms with E-state index in [9.17, 15) is 14.9 Å². The van der Waals surface area contributed by atoms with E-state index in [2.05, 4.69) is 10.4 Å². The van der Waals surface area contributed by atoms with Gasteiger partial charge in [-0.15, -0.1) is 0 Å². The Bertz CT molecular complexity index is 411. The third-order valence-electron chi connectivity index (χ3n) is 2.34. The van der Waals surface area contributed by atoms with E-state index >= 15 is 0 Å². The van der Waals surface area contributed by atoms with Crippen molar-refractivity contribution in [2.75, 3.05) is 0 Å². The molecular formula is C9H12N4O3. The molecule has 1 N–H and O–H groups in total. The topological polar surface area (TPSA) is 90.1 Å². The molecule has 0 atom stereocenters. The zero-order chi connectivity index (χ0) is 11.5. The maximum atomic E-state index is 11.3.